The van der Waals surface area contributed by atoms with E-state index < -0.39 is 46.6 Å². The second-order valence-electron chi connectivity index (χ2n) is 9.38. The van der Waals surface area contributed by atoms with Gasteiger partial charge in [-0.2, -0.15) is 4.31 Å². The van der Waals surface area contributed by atoms with Crippen molar-refractivity contribution in [3.05, 3.63) is 63.9 Å². The number of fused-ring (bicyclic) bond motifs is 1. The Labute approximate surface area is 233 Å². The zero-order valence-corrected chi connectivity index (χ0v) is 23.4. The van der Waals surface area contributed by atoms with Gasteiger partial charge in [-0.25, -0.2) is 8.42 Å². The average Bonchev–Trinajstić information content (AvgIpc) is 3.72. The lowest BCUT2D eigenvalue weighted by molar-refractivity contribution is -0.181. The third kappa shape index (κ3) is 4.37. The van der Waals surface area contributed by atoms with Crippen LogP contribution in [-0.4, -0.2) is 78.2 Å². The molecule has 2 saturated heterocycles. The van der Waals surface area contributed by atoms with Crippen LogP contribution < -0.4 is 10.5 Å². The summed E-state index contributed by atoms with van der Waals surface area (Å²) in [5, 5.41) is 0.127. The van der Waals surface area contributed by atoms with Gasteiger partial charge in [-0.05, 0) is 48.7 Å². The van der Waals surface area contributed by atoms with Crippen LogP contribution in [-0.2, 0) is 30.8 Å². The molecule has 2 aromatic carbocycles. The fraction of sp³-hybridized carbons (Fsp3) is 0.360. The van der Waals surface area contributed by atoms with Crippen molar-refractivity contribution >= 4 is 55.3 Å². The number of piperazine rings is 1. The van der Waals surface area contributed by atoms with E-state index in [1.807, 2.05) is 0 Å². The Kier molecular flexibility index (Phi) is 6.95. The van der Waals surface area contributed by atoms with E-state index in [-0.39, 0.29) is 34.0 Å². The molecule has 38 heavy (non-hydrogen) atoms. The molecule has 200 valence electrons. The molecule has 0 bridgehead atoms. The van der Waals surface area contributed by atoms with E-state index in [0.717, 1.165) is 13.7 Å². The van der Waals surface area contributed by atoms with Crippen molar-refractivity contribution in [3.63, 3.8) is 0 Å². The van der Waals surface area contributed by atoms with Crippen molar-refractivity contribution in [3.8, 4) is 5.75 Å². The Morgan fingerprint density at radius 1 is 1.21 bits per heavy atom. The van der Waals surface area contributed by atoms with Crippen LogP contribution in [0.2, 0.25) is 5.02 Å². The third-order valence-electron chi connectivity index (χ3n) is 7.09. The van der Waals surface area contributed by atoms with Crippen LogP contribution in [0.3, 0.4) is 0 Å². The van der Waals surface area contributed by atoms with Gasteiger partial charge in [0.15, 0.2) is 0 Å². The van der Waals surface area contributed by atoms with Crippen molar-refractivity contribution in [2.45, 2.75) is 41.9 Å². The van der Waals surface area contributed by atoms with Gasteiger partial charge in [0.05, 0.1) is 20.1 Å². The first kappa shape index (κ1) is 26.9. The van der Waals surface area contributed by atoms with Gasteiger partial charge in [0.1, 0.15) is 16.7 Å². The number of primary amides is 1. The first-order chi connectivity index (χ1) is 18.0. The number of hydrogen-bond acceptors (Lipinski definition) is 6. The van der Waals surface area contributed by atoms with Gasteiger partial charge >= 0.3 is 0 Å². The minimum atomic E-state index is -4.55. The molecular weight excluding hydrogens is 600 g/mol. The largest absolute Gasteiger partial charge is 0.495 e. The van der Waals surface area contributed by atoms with E-state index in [4.69, 9.17) is 22.1 Å². The number of hydrogen-bond donors (Lipinski definition) is 1. The first-order valence-corrected chi connectivity index (χ1v) is 14.4. The number of carbonyl (C=O) groups excluding carboxylic acids is 3. The summed E-state index contributed by atoms with van der Waals surface area (Å²) in [4.78, 5) is 42.7. The molecule has 2 N–H and O–H groups in total. The van der Waals surface area contributed by atoms with Crippen molar-refractivity contribution in [1.29, 1.82) is 0 Å². The molecule has 5 rings (SSSR count). The topological polar surface area (TPSA) is 130 Å². The molecular formula is C25H24BrClN4O6S. The maximum atomic E-state index is 14.2. The molecule has 13 heteroatoms. The maximum Gasteiger partial charge on any atom is 0.261 e. The monoisotopic (exact) mass is 622 g/mol. The van der Waals surface area contributed by atoms with E-state index in [2.05, 4.69) is 22.4 Å². The summed E-state index contributed by atoms with van der Waals surface area (Å²) >= 11 is 9.50. The van der Waals surface area contributed by atoms with Gasteiger partial charge in [-0.3, -0.25) is 14.4 Å². The molecule has 0 aromatic heterocycles. The average molecular weight is 624 g/mol. The molecule has 3 amide bonds. The van der Waals surface area contributed by atoms with Crippen LogP contribution in [0.4, 0.5) is 0 Å². The number of amides is 3. The second-order valence-corrected chi connectivity index (χ2v) is 12.6. The predicted octanol–water partition coefficient (Wildman–Crippen LogP) is 1.82. The maximum absolute atomic E-state index is 14.2. The summed E-state index contributed by atoms with van der Waals surface area (Å²) in [5.74, 6) is -2.22. The standard InChI is InChI=1S/C25H24BrClN4O6S/c1-37-20-9-6-17(27)13-21(20)38(35,36)30-11-10-22(32)31-19(12-15-2-4-16(26)5-3-15)23(33)29(18-7-8-18)14-25(30,31)24(28)34/h2-6,9,13,18-19H,7-8,11-12,14H2,1H3,(H2,28,34). The highest BCUT2D eigenvalue weighted by Gasteiger charge is 2.65. The predicted molar refractivity (Wildman–Crippen MR) is 140 cm³/mol. The molecule has 1 saturated carbocycles. The minimum Gasteiger partial charge on any atom is -0.495 e. The van der Waals surface area contributed by atoms with Gasteiger partial charge in [0, 0.05) is 28.5 Å². The van der Waals surface area contributed by atoms with E-state index >= 15 is 0 Å². The van der Waals surface area contributed by atoms with Gasteiger partial charge in [-0.15, -0.1) is 0 Å². The third-order valence-corrected chi connectivity index (χ3v) is 9.74. The molecule has 2 radical (unpaired) electrons. The molecule has 2 aromatic rings. The Balaban J connectivity index is 1.68. The normalized spacial score (nSPS) is 24.3. The molecule has 10 nitrogen and oxygen atoms in total. The van der Waals surface area contributed by atoms with Gasteiger partial charge in [0.2, 0.25) is 27.5 Å². The molecule has 2 unspecified atom stereocenters. The van der Waals surface area contributed by atoms with Crippen molar-refractivity contribution in [2.24, 2.45) is 5.73 Å². The summed E-state index contributed by atoms with van der Waals surface area (Å²) in [6.07, 6.45) is 3.97. The SMILES string of the molecule is COc1ccc(Cl)cc1S(=O)(=O)N1C[C]C(=O)N2C(Cc3ccc(Br)cc3)C(=O)N(C3CC3)CC21C(N)=O. The fourth-order valence-corrected chi connectivity index (χ4v) is 7.39. The number of rotatable bonds is 7. The summed E-state index contributed by atoms with van der Waals surface area (Å²) in [6, 6.07) is 9.86. The summed E-state index contributed by atoms with van der Waals surface area (Å²) < 4.78 is 35.3. The Morgan fingerprint density at radius 2 is 1.89 bits per heavy atom. The van der Waals surface area contributed by atoms with Crippen LogP contribution in [0.15, 0.2) is 51.8 Å². The van der Waals surface area contributed by atoms with Crippen LogP contribution in [0.5, 0.6) is 5.75 Å². The fourth-order valence-electron chi connectivity index (χ4n) is 5.11. The minimum absolute atomic E-state index is 0.00480. The smallest absolute Gasteiger partial charge is 0.261 e. The Hall–Kier alpha value is -2.67. The highest BCUT2D eigenvalue weighted by Crippen LogP contribution is 2.43. The van der Waals surface area contributed by atoms with E-state index in [1.54, 1.807) is 24.3 Å². The number of nitrogens with zero attached hydrogens (tertiary/aromatic N) is 3. The molecule has 3 aliphatic rings. The molecule has 0 spiro atoms. The van der Waals surface area contributed by atoms with Gasteiger partial charge in [0.25, 0.3) is 5.91 Å². The number of methoxy groups -OCH3 is 1. The number of halogens is 2. The number of carbonyl (C=O) groups is 3. The lowest BCUT2D eigenvalue weighted by Gasteiger charge is -2.57. The molecule has 2 aliphatic heterocycles. The number of nitrogens with two attached hydrogens (primary N) is 1. The zero-order valence-electron chi connectivity index (χ0n) is 20.3. The highest BCUT2D eigenvalue weighted by molar-refractivity contribution is 9.10. The quantitative estimate of drug-likeness (QED) is 0.501. The van der Waals surface area contributed by atoms with Gasteiger partial charge in [-0.1, -0.05) is 39.7 Å². The van der Waals surface area contributed by atoms with E-state index in [9.17, 15) is 22.8 Å². The van der Waals surface area contributed by atoms with Gasteiger partial charge < -0.3 is 20.3 Å². The first-order valence-electron chi connectivity index (χ1n) is 11.8. The number of benzene rings is 2. The lowest BCUT2D eigenvalue weighted by Crippen LogP contribution is -2.83. The highest BCUT2D eigenvalue weighted by atomic mass is 79.9. The Morgan fingerprint density at radius 3 is 2.50 bits per heavy atom. The summed E-state index contributed by atoms with van der Waals surface area (Å²) in [7, 11) is -3.25. The van der Waals surface area contributed by atoms with Crippen LogP contribution in [0, 0.1) is 6.42 Å². The molecule has 2 atom stereocenters. The zero-order chi connectivity index (χ0) is 27.4. The van der Waals surface area contributed by atoms with E-state index in [1.165, 1.54) is 30.2 Å². The Bertz CT molecular complexity index is 1420. The van der Waals surface area contributed by atoms with Crippen molar-refractivity contribution in [2.75, 3.05) is 20.2 Å². The number of sulfonamides is 1. The summed E-state index contributed by atoms with van der Waals surface area (Å²) in [6.45, 7) is -0.938. The summed E-state index contributed by atoms with van der Waals surface area (Å²) in [5.41, 5.74) is 4.50. The lowest BCUT2D eigenvalue weighted by atomic mass is 9.90. The van der Waals surface area contributed by atoms with Crippen LogP contribution >= 0.6 is 27.5 Å². The molecule has 2 heterocycles. The van der Waals surface area contributed by atoms with Crippen LogP contribution in [0.25, 0.3) is 0 Å². The second kappa shape index (κ2) is 9.82. The van der Waals surface area contributed by atoms with Crippen molar-refractivity contribution < 1.29 is 27.5 Å². The number of ether oxygens (including phenoxy) is 1. The molecule has 3 fully saturated rings. The van der Waals surface area contributed by atoms with E-state index in [0.29, 0.717) is 18.4 Å². The van der Waals surface area contributed by atoms with Crippen molar-refractivity contribution in [1.82, 2.24) is 14.1 Å². The molecule has 1 aliphatic carbocycles. The van der Waals surface area contributed by atoms with Crippen LogP contribution in [0.1, 0.15) is 18.4 Å².